The van der Waals surface area contributed by atoms with Crippen molar-refractivity contribution in [3.63, 3.8) is 0 Å². The Kier molecular flexibility index (Phi) is 49.3. The average molecular weight is 1700 g/mol. The van der Waals surface area contributed by atoms with E-state index in [0.29, 0.717) is 106 Å². The second-order valence-electron chi connectivity index (χ2n) is 30.1. The molecule has 123 heavy (non-hydrogen) atoms. The fourth-order valence-electron chi connectivity index (χ4n) is 13.4. The molecule has 0 spiro atoms. The van der Waals surface area contributed by atoms with E-state index in [0.717, 1.165) is 230 Å². The molecular formula is C99H126N2O22. The van der Waals surface area contributed by atoms with Gasteiger partial charge in [-0.2, -0.15) is 0 Å². The molecule has 0 bridgehead atoms. The van der Waals surface area contributed by atoms with E-state index in [1.54, 1.807) is 97.1 Å². The zero-order chi connectivity index (χ0) is 88.3. The van der Waals surface area contributed by atoms with Crippen molar-refractivity contribution >= 4 is 59.6 Å². The van der Waals surface area contributed by atoms with E-state index in [2.05, 4.69) is 26.3 Å². The molecule has 4 N–H and O–H groups in total. The standard InChI is InChI=1S/C99H126N2O22/c1-5-88(102)116-66-40-29-21-13-9-17-25-36-62-112-80-54-46-74(47-55-80)96(108)120-84-70-78(92(86(72-84)94(100)106)122-98(110)76-50-58-82(59-51-76)114-64-38-27-19-11-15-23-31-42-68-118-90(104)7-3)44-34-33-35-45-79-71-85(121-97(109)75-48-56-81(57-49-75)113-63-37-26-18-10-14-22-30-41-67-117-89(103)6-2)73-87(95(101)107)93(79)123-99(111)77-52-60-83(61-53-77)115-65-39-28-20-12-16-24-32-43-69-119-91(105)8-4/h5-8,46-61,70-73H,1-4,9-45,62-69H2,(H2,100,106)(H2,101,107). The van der Waals surface area contributed by atoms with Crippen molar-refractivity contribution in [2.24, 2.45) is 11.5 Å². The molecule has 0 unspecified atom stereocenters. The first-order valence-electron chi connectivity index (χ1n) is 43.8. The predicted molar refractivity (Wildman–Crippen MR) is 471 cm³/mol. The van der Waals surface area contributed by atoms with E-state index in [-0.39, 0.29) is 69.2 Å². The summed E-state index contributed by atoms with van der Waals surface area (Å²) in [6.45, 7) is 17.1. The van der Waals surface area contributed by atoms with Crippen molar-refractivity contribution < 1.29 is 105 Å². The molecule has 0 atom stereocenters. The topological polar surface area (TPSA) is 333 Å². The van der Waals surface area contributed by atoms with Crippen LogP contribution < -0.4 is 49.4 Å². The lowest BCUT2D eigenvalue weighted by atomic mass is 9.98. The quantitative estimate of drug-likeness (QED) is 0.0118. The maximum Gasteiger partial charge on any atom is 0.343 e. The zero-order valence-corrected chi connectivity index (χ0v) is 71.6. The average Bonchev–Trinajstić information content (AvgIpc) is 0.804. The van der Waals surface area contributed by atoms with Gasteiger partial charge in [0.05, 0.1) is 86.2 Å². The number of hydrogen-bond acceptors (Lipinski definition) is 22. The summed E-state index contributed by atoms with van der Waals surface area (Å²) in [6.07, 6.45) is 37.6. The molecular weight excluding hydrogens is 1570 g/mol. The lowest BCUT2D eigenvalue weighted by Gasteiger charge is -2.17. The minimum atomic E-state index is -0.972. The molecule has 0 aliphatic heterocycles. The highest BCUT2D eigenvalue weighted by molar-refractivity contribution is 6.01. The van der Waals surface area contributed by atoms with Crippen LogP contribution >= 0.6 is 0 Å². The predicted octanol–water partition coefficient (Wildman–Crippen LogP) is 20.6. The van der Waals surface area contributed by atoms with Gasteiger partial charge in [-0.3, -0.25) is 9.59 Å². The number of rotatable bonds is 68. The number of benzene rings is 6. The molecule has 6 rings (SSSR count). The van der Waals surface area contributed by atoms with E-state index < -0.39 is 59.6 Å². The Bertz CT molecular complexity index is 4000. The van der Waals surface area contributed by atoms with Crippen molar-refractivity contribution in [3.05, 3.63) is 216 Å². The summed E-state index contributed by atoms with van der Waals surface area (Å²) in [4.78, 5) is 128. The largest absolute Gasteiger partial charge is 0.494 e. The van der Waals surface area contributed by atoms with Crippen LogP contribution in [-0.2, 0) is 51.0 Å². The second kappa shape index (κ2) is 60.6. The molecule has 24 nitrogen and oxygen atoms in total. The summed E-state index contributed by atoms with van der Waals surface area (Å²) in [5, 5.41) is 0. The molecule has 0 saturated heterocycles. The van der Waals surface area contributed by atoms with Crippen LogP contribution in [0.5, 0.6) is 46.0 Å². The second-order valence-corrected chi connectivity index (χ2v) is 30.1. The van der Waals surface area contributed by atoms with Crippen molar-refractivity contribution in [2.45, 2.75) is 238 Å². The highest BCUT2D eigenvalue weighted by Crippen LogP contribution is 2.36. The Morgan fingerprint density at radius 2 is 0.431 bits per heavy atom. The Hall–Kier alpha value is -11.8. The minimum absolute atomic E-state index is 0.0539. The monoisotopic (exact) mass is 1690 g/mol. The Labute approximate surface area is 725 Å². The van der Waals surface area contributed by atoms with E-state index in [1.165, 1.54) is 24.3 Å². The van der Waals surface area contributed by atoms with Crippen LogP contribution in [0.4, 0.5) is 0 Å². The van der Waals surface area contributed by atoms with Crippen LogP contribution in [0.2, 0.25) is 0 Å². The summed E-state index contributed by atoms with van der Waals surface area (Å²) < 4.78 is 68.3. The lowest BCUT2D eigenvalue weighted by molar-refractivity contribution is -0.138. The van der Waals surface area contributed by atoms with Gasteiger partial charge in [-0.15, -0.1) is 0 Å². The number of carbonyl (C=O) groups excluding carboxylic acids is 10. The number of esters is 8. The molecule has 0 aromatic heterocycles. The summed E-state index contributed by atoms with van der Waals surface area (Å²) in [5.41, 5.74) is 13.0. The fraction of sp³-hybridized carbons (Fsp3) is 0.455. The Morgan fingerprint density at radius 3 is 0.642 bits per heavy atom. The van der Waals surface area contributed by atoms with Gasteiger partial charge in [0.15, 0.2) is 0 Å². The Morgan fingerprint density at radius 1 is 0.236 bits per heavy atom. The maximum atomic E-state index is 14.2. The number of hydrogen-bond donors (Lipinski definition) is 2. The number of aryl methyl sites for hydroxylation is 2. The van der Waals surface area contributed by atoms with Crippen LogP contribution in [0.15, 0.2) is 172 Å². The van der Waals surface area contributed by atoms with Crippen molar-refractivity contribution in [3.8, 4) is 46.0 Å². The molecule has 24 heteroatoms. The van der Waals surface area contributed by atoms with Gasteiger partial charge in [0.25, 0.3) is 11.8 Å². The van der Waals surface area contributed by atoms with Crippen LogP contribution in [0, 0.1) is 0 Å². The van der Waals surface area contributed by atoms with Gasteiger partial charge >= 0.3 is 47.8 Å². The van der Waals surface area contributed by atoms with E-state index >= 15 is 0 Å². The number of unbranched alkanes of at least 4 members (excludes halogenated alkanes) is 30. The number of carbonyl (C=O) groups is 10. The van der Waals surface area contributed by atoms with Gasteiger partial charge in [-0.25, -0.2) is 38.4 Å². The molecule has 0 heterocycles. The number of nitrogens with two attached hydrogens (primary N) is 2. The number of primary amides is 2. The van der Waals surface area contributed by atoms with Crippen molar-refractivity contribution in [2.75, 3.05) is 52.9 Å². The number of amides is 2. The molecule has 0 aliphatic rings. The normalized spacial score (nSPS) is 10.8. The van der Waals surface area contributed by atoms with Gasteiger partial charge in [0.2, 0.25) is 0 Å². The van der Waals surface area contributed by atoms with Gasteiger partial charge in [-0.05, 0) is 210 Å². The molecule has 2 amide bonds. The van der Waals surface area contributed by atoms with Crippen LogP contribution in [-0.4, -0.2) is 112 Å². The minimum Gasteiger partial charge on any atom is -0.494 e. The first kappa shape index (κ1) is 100.0. The zero-order valence-electron chi connectivity index (χ0n) is 71.6. The molecule has 0 radical (unpaired) electrons. The van der Waals surface area contributed by atoms with Crippen molar-refractivity contribution in [1.29, 1.82) is 0 Å². The summed E-state index contributed by atoms with van der Waals surface area (Å²) in [6, 6.07) is 31.3. The molecule has 6 aromatic carbocycles. The molecule has 0 aliphatic carbocycles. The van der Waals surface area contributed by atoms with E-state index in [4.69, 9.17) is 68.3 Å². The van der Waals surface area contributed by atoms with E-state index in [1.807, 2.05) is 0 Å². The van der Waals surface area contributed by atoms with Crippen LogP contribution in [0.3, 0.4) is 0 Å². The molecule has 0 saturated carbocycles. The van der Waals surface area contributed by atoms with Crippen LogP contribution in [0.25, 0.3) is 0 Å². The van der Waals surface area contributed by atoms with Gasteiger partial charge in [0, 0.05) is 24.3 Å². The van der Waals surface area contributed by atoms with Gasteiger partial charge < -0.3 is 68.3 Å². The summed E-state index contributed by atoms with van der Waals surface area (Å²) in [7, 11) is 0. The third-order valence-electron chi connectivity index (χ3n) is 20.2. The van der Waals surface area contributed by atoms with E-state index in [9.17, 15) is 47.9 Å². The SMILES string of the molecule is C=CC(=O)OCCCCCCCCCCOc1ccc(C(=O)Oc2cc(CCCCCc3cc(OC(=O)c4ccc(OCCCCCCCCCCOC(=O)C=C)cc4)cc(C(N)=O)c3OC(=O)c3ccc(OCCCCCCCCCCOC(=O)C=C)cc3)c(OC(=O)c3ccc(OCCCCCCCCCCOC(=O)C=C)cc3)c(C(N)=O)c2)cc1. The highest BCUT2D eigenvalue weighted by Gasteiger charge is 2.26. The molecule has 6 aromatic rings. The maximum absolute atomic E-state index is 14.2. The third kappa shape index (κ3) is 41.5. The van der Waals surface area contributed by atoms with Gasteiger partial charge in [0.1, 0.15) is 46.0 Å². The first-order valence-corrected chi connectivity index (χ1v) is 43.8. The Balaban J connectivity index is 1.14. The van der Waals surface area contributed by atoms with Crippen molar-refractivity contribution in [1.82, 2.24) is 0 Å². The van der Waals surface area contributed by atoms with Gasteiger partial charge in [-0.1, -0.05) is 187 Å². The summed E-state index contributed by atoms with van der Waals surface area (Å²) >= 11 is 0. The number of ether oxygens (including phenoxy) is 12. The molecule has 664 valence electrons. The van der Waals surface area contributed by atoms with Crippen LogP contribution in [0.1, 0.15) is 298 Å². The summed E-state index contributed by atoms with van der Waals surface area (Å²) in [5.74, 6) is -4.89. The first-order chi connectivity index (χ1) is 59.9. The smallest absolute Gasteiger partial charge is 0.343 e. The molecule has 0 fully saturated rings. The highest BCUT2D eigenvalue weighted by atomic mass is 16.6. The lowest BCUT2D eigenvalue weighted by Crippen LogP contribution is -2.18. The fourth-order valence-corrected chi connectivity index (χ4v) is 13.4. The third-order valence-corrected chi connectivity index (χ3v) is 20.2.